The standard InChI is InChI=1S/C17H26N2O4S/c1-19(14-2-3-24(22,23)10-14)16(21)15(20)18-17-7-11-4-12(8-17)6-13(5-11)9-17/h11-14H,2-10H2,1H3,(H,18,20). The average Bonchev–Trinajstić information content (AvgIpc) is 2.84. The first-order valence-electron chi connectivity index (χ1n) is 9.05. The van der Waals surface area contributed by atoms with Crippen LogP contribution in [-0.2, 0) is 19.4 Å². The zero-order chi connectivity index (χ0) is 17.1. The maximum atomic E-state index is 12.5. The first-order valence-corrected chi connectivity index (χ1v) is 10.9. The molecule has 4 bridgehead atoms. The molecule has 0 aromatic carbocycles. The van der Waals surface area contributed by atoms with Crippen molar-refractivity contribution in [2.45, 2.75) is 56.5 Å². The zero-order valence-corrected chi connectivity index (χ0v) is 15.0. The number of nitrogens with zero attached hydrogens (tertiary/aromatic N) is 1. The zero-order valence-electron chi connectivity index (χ0n) is 14.2. The minimum absolute atomic E-state index is 0.0279. The van der Waals surface area contributed by atoms with Gasteiger partial charge < -0.3 is 10.2 Å². The normalized spacial score (nSPS) is 42.0. The highest BCUT2D eigenvalue weighted by atomic mass is 32.2. The smallest absolute Gasteiger partial charge is 0.311 e. The quantitative estimate of drug-likeness (QED) is 0.741. The van der Waals surface area contributed by atoms with Crippen LogP contribution < -0.4 is 5.32 Å². The molecule has 0 radical (unpaired) electrons. The summed E-state index contributed by atoms with van der Waals surface area (Å²) in [5.41, 5.74) is -0.190. The number of rotatable bonds is 2. The minimum atomic E-state index is -3.07. The van der Waals surface area contributed by atoms with Gasteiger partial charge in [-0.15, -0.1) is 0 Å². The van der Waals surface area contributed by atoms with Crippen LogP contribution in [0.1, 0.15) is 44.9 Å². The summed E-state index contributed by atoms with van der Waals surface area (Å²) in [4.78, 5) is 26.4. The lowest BCUT2D eigenvalue weighted by Gasteiger charge is -2.56. The molecule has 5 aliphatic rings. The van der Waals surface area contributed by atoms with Crippen molar-refractivity contribution in [2.24, 2.45) is 17.8 Å². The average molecular weight is 354 g/mol. The van der Waals surface area contributed by atoms with Gasteiger partial charge in [0, 0.05) is 18.6 Å². The van der Waals surface area contributed by atoms with E-state index in [1.54, 1.807) is 7.05 Å². The molecule has 1 unspecified atom stereocenters. The second kappa shape index (κ2) is 5.44. The van der Waals surface area contributed by atoms with Gasteiger partial charge in [-0.25, -0.2) is 8.42 Å². The van der Waals surface area contributed by atoms with E-state index in [-0.39, 0.29) is 23.1 Å². The van der Waals surface area contributed by atoms with Gasteiger partial charge in [0.05, 0.1) is 11.5 Å². The number of carbonyl (C=O) groups is 2. The van der Waals surface area contributed by atoms with Crippen molar-refractivity contribution in [1.29, 1.82) is 0 Å². The molecule has 1 saturated heterocycles. The molecule has 6 nitrogen and oxygen atoms in total. The Labute approximate surface area is 143 Å². The van der Waals surface area contributed by atoms with Crippen molar-refractivity contribution in [2.75, 3.05) is 18.6 Å². The Balaban J connectivity index is 1.42. The molecule has 1 heterocycles. The van der Waals surface area contributed by atoms with Crippen LogP contribution >= 0.6 is 0 Å². The fraction of sp³-hybridized carbons (Fsp3) is 0.882. The highest BCUT2D eigenvalue weighted by Gasteiger charge is 2.52. The van der Waals surface area contributed by atoms with Crippen molar-refractivity contribution in [3.63, 3.8) is 0 Å². The van der Waals surface area contributed by atoms with E-state index in [1.807, 2.05) is 0 Å². The summed E-state index contributed by atoms with van der Waals surface area (Å²) < 4.78 is 23.2. The summed E-state index contributed by atoms with van der Waals surface area (Å²) in [6, 6.07) is -0.371. The summed E-state index contributed by atoms with van der Waals surface area (Å²) >= 11 is 0. The molecular formula is C17H26N2O4S. The van der Waals surface area contributed by atoms with Crippen LogP contribution in [-0.4, -0.2) is 55.3 Å². The van der Waals surface area contributed by atoms with Crippen LogP contribution in [0.15, 0.2) is 0 Å². The van der Waals surface area contributed by atoms with Gasteiger partial charge in [-0.05, 0) is 62.7 Å². The Kier molecular flexibility index (Phi) is 3.71. The second-order valence-electron chi connectivity index (χ2n) is 8.62. The number of sulfone groups is 1. The van der Waals surface area contributed by atoms with Crippen LogP contribution in [0.25, 0.3) is 0 Å². The topological polar surface area (TPSA) is 83.6 Å². The Morgan fingerprint density at radius 2 is 1.58 bits per heavy atom. The van der Waals surface area contributed by atoms with Gasteiger partial charge in [-0.1, -0.05) is 0 Å². The lowest BCUT2D eigenvalue weighted by molar-refractivity contribution is -0.149. The third kappa shape index (κ3) is 2.85. The van der Waals surface area contributed by atoms with E-state index >= 15 is 0 Å². The van der Waals surface area contributed by atoms with Crippen molar-refractivity contribution >= 4 is 21.7 Å². The van der Waals surface area contributed by atoms with Gasteiger partial charge in [0.15, 0.2) is 9.84 Å². The van der Waals surface area contributed by atoms with E-state index in [9.17, 15) is 18.0 Å². The van der Waals surface area contributed by atoms with Gasteiger partial charge in [0.2, 0.25) is 0 Å². The third-order valence-electron chi connectivity index (χ3n) is 6.69. The van der Waals surface area contributed by atoms with Crippen molar-refractivity contribution in [1.82, 2.24) is 10.2 Å². The first kappa shape index (κ1) is 16.4. The third-order valence-corrected chi connectivity index (χ3v) is 8.44. The van der Waals surface area contributed by atoms with Gasteiger partial charge in [0.1, 0.15) is 0 Å². The van der Waals surface area contributed by atoms with Gasteiger partial charge in [0.25, 0.3) is 0 Å². The summed E-state index contributed by atoms with van der Waals surface area (Å²) in [6.45, 7) is 0. The number of hydrogen-bond acceptors (Lipinski definition) is 4. The Hall–Kier alpha value is -1.11. The molecule has 0 aromatic heterocycles. The molecule has 5 rings (SSSR count). The van der Waals surface area contributed by atoms with Crippen LogP contribution in [0.3, 0.4) is 0 Å². The van der Waals surface area contributed by atoms with Gasteiger partial charge in [-0.3, -0.25) is 9.59 Å². The summed E-state index contributed by atoms with van der Waals surface area (Å²) in [6.07, 6.45) is 7.27. The van der Waals surface area contributed by atoms with Crippen LogP contribution in [0.4, 0.5) is 0 Å². The first-order chi connectivity index (χ1) is 11.3. The maximum absolute atomic E-state index is 12.5. The summed E-state index contributed by atoms with van der Waals surface area (Å²) in [7, 11) is -1.52. The number of amides is 2. The SMILES string of the molecule is CN(C(=O)C(=O)NC12CC3CC(CC(C3)C1)C2)C1CCS(=O)(=O)C1. The molecule has 0 spiro atoms. The lowest BCUT2D eigenvalue weighted by Crippen LogP contribution is -2.62. The van der Waals surface area contributed by atoms with E-state index in [4.69, 9.17) is 0 Å². The monoisotopic (exact) mass is 354 g/mol. The Morgan fingerprint density at radius 3 is 2.04 bits per heavy atom. The molecule has 4 aliphatic carbocycles. The molecule has 134 valence electrons. The number of nitrogens with one attached hydrogen (secondary N) is 1. The molecule has 4 saturated carbocycles. The fourth-order valence-electron chi connectivity index (χ4n) is 5.96. The number of likely N-dealkylation sites (N-methyl/N-ethyl adjacent to an activating group) is 1. The highest BCUT2D eigenvalue weighted by molar-refractivity contribution is 7.91. The van der Waals surface area contributed by atoms with Crippen molar-refractivity contribution < 1.29 is 18.0 Å². The number of hydrogen-bond donors (Lipinski definition) is 1. The molecule has 24 heavy (non-hydrogen) atoms. The van der Waals surface area contributed by atoms with Gasteiger partial charge in [-0.2, -0.15) is 0 Å². The molecular weight excluding hydrogens is 328 g/mol. The largest absolute Gasteiger partial charge is 0.342 e. The van der Waals surface area contributed by atoms with E-state index in [0.29, 0.717) is 24.2 Å². The lowest BCUT2D eigenvalue weighted by atomic mass is 9.53. The Morgan fingerprint density at radius 1 is 1.04 bits per heavy atom. The molecule has 5 fully saturated rings. The second-order valence-corrected chi connectivity index (χ2v) is 10.9. The molecule has 7 heteroatoms. The molecule has 1 aliphatic heterocycles. The molecule has 1 N–H and O–H groups in total. The van der Waals surface area contributed by atoms with Crippen LogP contribution in [0, 0.1) is 17.8 Å². The van der Waals surface area contributed by atoms with Crippen molar-refractivity contribution in [3.8, 4) is 0 Å². The predicted octanol–water partition coefficient (Wildman–Crippen LogP) is 0.717. The van der Waals surface area contributed by atoms with Crippen LogP contribution in [0.5, 0.6) is 0 Å². The van der Waals surface area contributed by atoms with Crippen LogP contribution in [0.2, 0.25) is 0 Å². The Bertz CT molecular complexity index is 637. The van der Waals surface area contributed by atoms with E-state index < -0.39 is 21.7 Å². The summed E-state index contributed by atoms with van der Waals surface area (Å²) in [5.74, 6) is 1.03. The predicted molar refractivity (Wildman–Crippen MR) is 88.9 cm³/mol. The molecule has 0 aromatic rings. The van der Waals surface area contributed by atoms with E-state index in [2.05, 4.69) is 5.32 Å². The molecule has 2 amide bonds. The minimum Gasteiger partial charge on any atom is -0.342 e. The molecule has 1 atom stereocenters. The van der Waals surface area contributed by atoms with E-state index in [0.717, 1.165) is 19.3 Å². The fourth-order valence-corrected chi connectivity index (χ4v) is 7.74. The summed E-state index contributed by atoms with van der Waals surface area (Å²) in [5, 5.41) is 3.07. The number of carbonyl (C=O) groups excluding carboxylic acids is 2. The highest BCUT2D eigenvalue weighted by Crippen LogP contribution is 2.55. The maximum Gasteiger partial charge on any atom is 0.311 e. The van der Waals surface area contributed by atoms with Crippen molar-refractivity contribution in [3.05, 3.63) is 0 Å². The van der Waals surface area contributed by atoms with Gasteiger partial charge >= 0.3 is 11.8 Å². The van der Waals surface area contributed by atoms with E-state index in [1.165, 1.54) is 24.2 Å².